The Balaban J connectivity index is 2.04. The van der Waals surface area contributed by atoms with Gasteiger partial charge in [0.25, 0.3) is 15.9 Å². The molecule has 0 saturated heterocycles. The Morgan fingerprint density at radius 3 is 2.44 bits per heavy atom. The van der Waals surface area contributed by atoms with Gasteiger partial charge >= 0.3 is 0 Å². The van der Waals surface area contributed by atoms with Crippen LogP contribution in [0, 0.1) is 0 Å². The molecule has 7 nitrogen and oxygen atoms in total. The summed E-state index contributed by atoms with van der Waals surface area (Å²) in [6.07, 6.45) is 1.02. The average molecular weight is 391 g/mol. The van der Waals surface area contributed by atoms with Crippen molar-refractivity contribution >= 4 is 21.6 Å². The van der Waals surface area contributed by atoms with Crippen LogP contribution in [0.4, 0.5) is 5.69 Å². The smallest absolute Gasteiger partial charge is 0.261 e. The van der Waals surface area contributed by atoms with Crippen LogP contribution in [0.5, 0.6) is 5.75 Å². The first-order valence-electron chi connectivity index (χ1n) is 8.72. The number of carbonyl (C=O) groups excluding carboxylic acids is 1. The van der Waals surface area contributed by atoms with E-state index in [2.05, 4.69) is 22.3 Å². The van der Waals surface area contributed by atoms with Crippen LogP contribution in [-0.4, -0.2) is 41.1 Å². The maximum absolute atomic E-state index is 12.6. The fraction of sp³-hybridized carbons (Fsp3) is 0.316. The minimum Gasteiger partial charge on any atom is -0.497 e. The third-order valence-corrected chi connectivity index (χ3v) is 5.14. The van der Waals surface area contributed by atoms with Crippen LogP contribution < -0.4 is 20.1 Å². The molecule has 2 rings (SSSR count). The number of hydrogen-bond acceptors (Lipinski definition) is 5. The molecule has 3 N–H and O–H groups in total. The van der Waals surface area contributed by atoms with Gasteiger partial charge in [-0.25, -0.2) is 8.42 Å². The summed E-state index contributed by atoms with van der Waals surface area (Å²) in [6, 6.07) is 12.5. The van der Waals surface area contributed by atoms with E-state index >= 15 is 0 Å². The quantitative estimate of drug-likeness (QED) is 0.540. The van der Waals surface area contributed by atoms with Crippen molar-refractivity contribution in [2.24, 2.45) is 0 Å². The lowest BCUT2D eigenvalue weighted by Gasteiger charge is -2.10. The highest BCUT2D eigenvalue weighted by atomic mass is 32.2. The van der Waals surface area contributed by atoms with Gasteiger partial charge in [-0.3, -0.25) is 9.52 Å². The summed E-state index contributed by atoms with van der Waals surface area (Å²) in [5.41, 5.74) is 0.704. The monoisotopic (exact) mass is 391 g/mol. The fourth-order valence-corrected chi connectivity index (χ4v) is 3.45. The second-order valence-electron chi connectivity index (χ2n) is 5.87. The van der Waals surface area contributed by atoms with Gasteiger partial charge in [-0.05, 0) is 55.4 Å². The first-order chi connectivity index (χ1) is 13.0. The van der Waals surface area contributed by atoms with E-state index in [4.69, 9.17) is 4.74 Å². The average Bonchev–Trinajstić information content (AvgIpc) is 2.68. The van der Waals surface area contributed by atoms with Gasteiger partial charge in [0.1, 0.15) is 5.75 Å². The van der Waals surface area contributed by atoms with Gasteiger partial charge in [0, 0.05) is 24.3 Å². The summed E-state index contributed by atoms with van der Waals surface area (Å²) >= 11 is 0. The predicted octanol–water partition coefficient (Wildman–Crippen LogP) is 2.23. The van der Waals surface area contributed by atoms with Gasteiger partial charge < -0.3 is 15.4 Å². The second kappa shape index (κ2) is 9.94. The first-order valence-corrected chi connectivity index (χ1v) is 10.2. The molecule has 8 heteroatoms. The lowest BCUT2D eigenvalue weighted by molar-refractivity contribution is 0.0953. The number of rotatable bonds is 10. The molecule has 0 bridgehead atoms. The number of benzene rings is 2. The van der Waals surface area contributed by atoms with E-state index in [0.717, 1.165) is 13.0 Å². The molecule has 0 aliphatic rings. The highest BCUT2D eigenvalue weighted by Crippen LogP contribution is 2.20. The van der Waals surface area contributed by atoms with Crippen molar-refractivity contribution in [2.75, 3.05) is 31.5 Å². The Bertz CT molecular complexity index is 852. The molecule has 0 unspecified atom stereocenters. The maximum atomic E-state index is 12.6. The third kappa shape index (κ3) is 6.26. The van der Waals surface area contributed by atoms with E-state index in [0.29, 0.717) is 30.1 Å². The first kappa shape index (κ1) is 20.7. The van der Waals surface area contributed by atoms with Crippen LogP contribution in [-0.2, 0) is 10.0 Å². The maximum Gasteiger partial charge on any atom is 0.261 e. The van der Waals surface area contributed by atoms with Gasteiger partial charge in [-0.15, -0.1) is 0 Å². The molecule has 0 aromatic heterocycles. The van der Waals surface area contributed by atoms with Crippen LogP contribution in [0.25, 0.3) is 0 Å². The zero-order valence-corrected chi connectivity index (χ0v) is 16.3. The molecule has 0 aliphatic heterocycles. The van der Waals surface area contributed by atoms with Gasteiger partial charge in [-0.2, -0.15) is 0 Å². The van der Waals surface area contributed by atoms with Crippen LogP contribution in [0.2, 0.25) is 0 Å². The van der Waals surface area contributed by atoms with E-state index < -0.39 is 10.0 Å². The fourth-order valence-electron chi connectivity index (χ4n) is 2.35. The summed E-state index contributed by atoms with van der Waals surface area (Å²) in [6.45, 7) is 4.09. The molecule has 1 amide bonds. The van der Waals surface area contributed by atoms with Crippen LogP contribution in [0.3, 0.4) is 0 Å². The Morgan fingerprint density at radius 1 is 1.04 bits per heavy atom. The van der Waals surface area contributed by atoms with Crippen molar-refractivity contribution in [2.45, 2.75) is 18.2 Å². The Labute approximate surface area is 160 Å². The topological polar surface area (TPSA) is 96.5 Å². The molecule has 0 spiro atoms. The van der Waals surface area contributed by atoms with Crippen molar-refractivity contribution in [3.05, 3.63) is 54.1 Å². The number of methoxy groups -OCH3 is 1. The standard InChI is InChI=1S/C19H25N3O4S/c1-3-11-20-12-13-21-19(23)15-5-4-6-18(14-15)27(24,25)22-16-7-9-17(26-2)10-8-16/h4-10,14,20,22H,3,11-13H2,1-2H3,(H,21,23). The molecule has 2 aromatic rings. The molecule has 146 valence electrons. The summed E-state index contributed by atoms with van der Waals surface area (Å²) < 4.78 is 32.7. The van der Waals surface area contributed by atoms with E-state index in [-0.39, 0.29) is 10.8 Å². The largest absolute Gasteiger partial charge is 0.497 e. The summed E-state index contributed by atoms with van der Waals surface area (Å²) in [7, 11) is -2.27. The number of ether oxygens (including phenoxy) is 1. The number of carbonyl (C=O) groups is 1. The predicted molar refractivity (Wildman–Crippen MR) is 106 cm³/mol. The zero-order valence-electron chi connectivity index (χ0n) is 15.5. The van der Waals surface area contributed by atoms with Crippen molar-refractivity contribution in [3.63, 3.8) is 0 Å². The molecule has 0 heterocycles. The van der Waals surface area contributed by atoms with E-state index in [1.165, 1.54) is 19.2 Å². The van der Waals surface area contributed by atoms with Crippen molar-refractivity contribution < 1.29 is 17.9 Å². The van der Waals surface area contributed by atoms with E-state index in [1.807, 2.05) is 0 Å². The number of hydrogen-bond donors (Lipinski definition) is 3. The Morgan fingerprint density at radius 2 is 1.78 bits per heavy atom. The second-order valence-corrected chi connectivity index (χ2v) is 7.55. The molecular weight excluding hydrogens is 366 g/mol. The summed E-state index contributed by atoms with van der Waals surface area (Å²) in [4.78, 5) is 12.2. The summed E-state index contributed by atoms with van der Waals surface area (Å²) in [5.74, 6) is 0.319. The van der Waals surface area contributed by atoms with Crippen LogP contribution in [0.1, 0.15) is 23.7 Å². The minimum atomic E-state index is -3.80. The SMILES string of the molecule is CCCNCCNC(=O)c1cccc(S(=O)(=O)Nc2ccc(OC)cc2)c1. The molecule has 0 fully saturated rings. The van der Waals surface area contributed by atoms with Crippen LogP contribution in [0.15, 0.2) is 53.4 Å². The molecule has 0 saturated carbocycles. The Hall–Kier alpha value is -2.58. The number of anilines is 1. The van der Waals surface area contributed by atoms with Crippen molar-refractivity contribution in [1.82, 2.24) is 10.6 Å². The number of amides is 1. The molecule has 0 radical (unpaired) electrons. The molecule has 0 aliphatic carbocycles. The third-order valence-electron chi connectivity index (χ3n) is 3.76. The molecule has 27 heavy (non-hydrogen) atoms. The molecular formula is C19H25N3O4S. The normalized spacial score (nSPS) is 11.0. The highest BCUT2D eigenvalue weighted by Gasteiger charge is 2.16. The number of nitrogens with one attached hydrogen (secondary N) is 3. The lowest BCUT2D eigenvalue weighted by Crippen LogP contribution is -2.32. The molecule has 0 atom stereocenters. The van der Waals surface area contributed by atoms with E-state index in [1.54, 1.807) is 36.4 Å². The van der Waals surface area contributed by atoms with Gasteiger partial charge in [0.2, 0.25) is 0 Å². The zero-order chi connectivity index (χ0) is 19.7. The minimum absolute atomic E-state index is 0.0232. The van der Waals surface area contributed by atoms with Gasteiger partial charge in [0.15, 0.2) is 0 Å². The van der Waals surface area contributed by atoms with E-state index in [9.17, 15) is 13.2 Å². The van der Waals surface area contributed by atoms with Gasteiger partial charge in [0.05, 0.1) is 12.0 Å². The van der Waals surface area contributed by atoms with Crippen LogP contribution >= 0.6 is 0 Å². The number of sulfonamides is 1. The van der Waals surface area contributed by atoms with Crippen molar-refractivity contribution in [3.8, 4) is 5.75 Å². The van der Waals surface area contributed by atoms with Gasteiger partial charge in [-0.1, -0.05) is 13.0 Å². The summed E-state index contributed by atoms with van der Waals surface area (Å²) in [5, 5.41) is 5.95. The lowest BCUT2D eigenvalue weighted by atomic mass is 10.2. The molecule has 2 aromatic carbocycles. The highest BCUT2D eigenvalue weighted by molar-refractivity contribution is 7.92. The Kier molecular flexibility index (Phi) is 7.63. The van der Waals surface area contributed by atoms with Crippen molar-refractivity contribution in [1.29, 1.82) is 0 Å².